The number of carbonyl (C=O) groups excluding carboxylic acids is 1. The van der Waals surface area contributed by atoms with E-state index in [1.807, 2.05) is 7.05 Å². The molecular weight excluding hydrogens is 379 g/mol. The lowest BCUT2D eigenvalue weighted by Gasteiger charge is -2.08. The van der Waals surface area contributed by atoms with Crippen LogP contribution in [0, 0.1) is 5.82 Å². The Morgan fingerprint density at radius 1 is 1.11 bits per heavy atom. The van der Waals surface area contributed by atoms with Gasteiger partial charge in [0.15, 0.2) is 0 Å². The fourth-order valence-electron chi connectivity index (χ4n) is 2.34. The molecule has 4 nitrogen and oxygen atoms in total. The Kier molecular flexibility index (Phi) is 12.9. The van der Waals surface area contributed by atoms with Crippen LogP contribution in [0.2, 0.25) is 5.02 Å². The molecule has 0 atom stereocenters. The molecule has 1 fully saturated rings. The molecule has 2 aromatic carbocycles. The number of aldehydes is 1. The summed E-state index contributed by atoms with van der Waals surface area (Å²) in [6.45, 7) is 5.79. The summed E-state index contributed by atoms with van der Waals surface area (Å²) in [5, 5.41) is 6.31. The molecule has 0 radical (unpaired) electrons. The summed E-state index contributed by atoms with van der Waals surface area (Å²) >= 11 is 5.63. The summed E-state index contributed by atoms with van der Waals surface area (Å²) < 4.78 is 18.4. The van der Waals surface area contributed by atoms with Gasteiger partial charge in [0.1, 0.15) is 23.6 Å². The Balaban J connectivity index is 0.000000292. The third-order valence-corrected chi connectivity index (χ3v) is 4.14. The number of carbonyl (C=O) groups is 1. The monoisotopic (exact) mass is 408 g/mol. The average molecular weight is 409 g/mol. The Morgan fingerprint density at radius 3 is 2.14 bits per heavy atom. The van der Waals surface area contributed by atoms with E-state index in [0.717, 1.165) is 12.8 Å². The minimum Gasteiger partial charge on any atom is -0.457 e. The lowest BCUT2D eigenvalue weighted by Crippen LogP contribution is -2.21. The van der Waals surface area contributed by atoms with Gasteiger partial charge in [-0.2, -0.15) is 0 Å². The topological polar surface area (TPSA) is 50.4 Å². The zero-order valence-electron chi connectivity index (χ0n) is 16.6. The van der Waals surface area contributed by atoms with E-state index in [1.165, 1.54) is 57.0 Å². The highest BCUT2D eigenvalue weighted by atomic mass is 35.5. The highest BCUT2D eigenvalue weighted by Gasteiger charge is 2.03. The molecule has 154 valence electrons. The Labute approximate surface area is 172 Å². The van der Waals surface area contributed by atoms with Crippen molar-refractivity contribution in [3.8, 4) is 11.5 Å². The smallest absolute Gasteiger partial charge is 0.150 e. The van der Waals surface area contributed by atoms with E-state index in [4.69, 9.17) is 16.3 Å². The van der Waals surface area contributed by atoms with E-state index in [0.29, 0.717) is 17.1 Å². The summed E-state index contributed by atoms with van der Waals surface area (Å²) in [5.74, 6) is 0.504. The van der Waals surface area contributed by atoms with Crippen molar-refractivity contribution in [3.05, 3.63) is 58.9 Å². The van der Waals surface area contributed by atoms with E-state index in [9.17, 15) is 9.18 Å². The van der Waals surface area contributed by atoms with Crippen LogP contribution in [0.5, 0.6) is 11.5 Å². The molecular formula is C22H30ClFN2O2. The first kappa shape index (κ1) is 24.1. The van der Waals surface area contributed by atoms with Gasteiger partial charge in [0.25, 0.3) is 0 Å². The molecule has 1 aliphatic rings. The fourth-order valence-corrected chi connectivity index (χ4v) is 2.51. The quantitative estimate of drug-likeness (QED) is 0.645. The van der Waals surface area contributed by atoms with Crippen molar-refractivity contribution in [2.24, 2.45) is 0 Å². The van der Waals surface area contributed by atoms with E-state index in [2.05, 4.69) is 17.6 Å². The standard InChI is InChI=1S/C13H8ClFO2.C5H11N.C4H11N/c14-12-7-11(5-6-13(12)15)17-10-3-1-9(8-16)2-4-10;1-2-4-6-5-3-1;1-3-4-5-2/h1-8H;6H,1-5H2;5H,3-4H2,1-2H3. The van der Waals surface area contributed by atoms with Crippen molar-refractivity contribution in [1.29, 1.82) is 0 Å². The van der Waals surface area contributed by atoms with Gasteiger partial charge in [0.2, 0.25) is 0 Å². The minimum absolute atomic E-state index is 0.00649. The molecule has 2 N–H and O–H groups in total. The molecule has 3 rings (SSSR count). The van der Waals surface area contributed by atoms with Crippen molar-refractivity contribution >= 4 is 17.9 Å². The van der Waals surface area contributed by atoms with Crippen LogP contribution in [0.15, 0.2) is 42.5 Å². The van der Waals surface area contributed by atoms with Crippen LogP contribution in [0.25, 0.3) is 0 Å². The van der Waals surface area contributed by atoms with Crippen LogP contribution < -0.4 is 15.4 Å². The molecule has 2 aromatic rings. The average Bonchev–Trinajstić information content (AvgIpc) is 2.74. The third kappa shape index (κ3) is 10.4. The fraction of sp³-hybridized carbons (Fsp3) is 0.409. The molecule has 0 saturated carbocycles. The second-order valence-electron chi connectivity index (χ2n) is 6.28. The predicted octanol–water partition coefficient (Wildman–Crippen LogP) is 5.46. The molecule has 0 unspecified atom stereocenters. The van der Waals surface area contributed by atoms with Gasteiger partial charge in [-0.15, -0.1) is 0 Å². The minimum atomic E-state index is -0.490. The SMILES string of the molecule is C1CCNCC1.CCCNC.O=Cc1ccc(Oc2ccc(F)c(Cl)c2)cc1. The predicted molar refractivity (Wildman–Crippen MR) is 114 cm³/mol. The maximum Gasteiger partial charge on any atom is 0.150 e. The van der Waals surface area contributed by atoms with Gasteiger partial charge in [-0.25, -0.2) is 4.39 Å². The van der Waals surface area contributed by atoms with E-state index in [1.54, 1.807) is 24.3 Å². The number of piperidine rings is 1. The van der Waals surface area contributed by atoms with Gasteiger partial charge in [-0.1, -0.05) is 24.9 Å². The maximum atomic E-state index is 12.9. The second kappa shape index (κ2) is 15.0. The molecule has 0 bridgehead atoms. The lowest BCUT2D eigenvalue weighted by atomic mass is 10.2. The molecule has 28 heavy (non-hydrogen) atoms. The first-order chi connectivity index (χ1) is 13.6. The zero-order chi connectivity index (χ0) is 20.6. The Morgan fingerprint density at radius 2 is 1.75 bits per heavy atom. The summed E-state index contributed by atoms with van der Waals surface area (Å²) in [7, 11) is 1.96. The van der Waals surface area contributed by atoms with Crippen LogP contribution in [0.4, 0.5) is 4.39 Å². The van der Waals surface area contributed by atoms with Crippen LogP contribution >= 0.6 is 11.6 Å². The number of nitrogens with one attached hydrogen (secondary N) is 2. The molecule has 0 spiro atoms. The van der Waals surface area contributed by atoms with Crippen LogP contribution in [-0.2, 0) is 0 Å². The zero-order valence-corrected chi connectivity index (χ0v) is 17.4. The lowest BCUT2D eigenvalue weighted by molar-refractivity contribution is 0.112. The van der Waals surface area contributed by atoms with Gasteiger partial charge in [0.05, 0.1) is 5.02 Å². The number of hydrogen-bond acceptors (Lipinski definition) is 4. The molecule has 1 heterocycles. The first-order valence-electron chi connectivity index (χ1n) is 9.64. The summed E-state index contributed by atoms with van der Waals surface area (Å²) in [4.78, 5) is 10.5. The largest absolute Gasteiger partial charge is 0.457 e. The van der Waals surface area contributed by atoms with Gasteiger partial charge in [-0.05, 0) is 82.3 Å². The van der Waals surface area contributed by atoms with E-state index < -0.39 is 5.82 Å². The third-order valence-electron chi connectivity index (χ3n) is 3.85. The van der Waals surface area contributed by atoms with E-state index >= 15 is 0 Å². The Bertz CT molecular complexity index is 663. The summed E-state index contributed by atoms with van der Waals surface area (Å²) in [6.07, 6.45) is 6.20. The number of benzene rings is 2. The van der Waals surface area contributed by atoms with Crippen LogP contribution in [0.3, 0.4) is 0 Å². The molecule has 0 aromatic heterocycles. The number of rotatable bonds is 5. The van der Waals surface area contributed by atoms with Gasteiger partial charge < -0.3 is 15.4 Å². The number of hydrogen-bond donors (Lipinski definition) is 2. The van der Waals surface area contributed by atoms with E-state index in [-0.39, 0.29) is 5.02 Å². The molecule has 6 heteroatoms. The first-order valence-corrected chi connectivity index (χ1v) is 10.0. The van der Waals surface area contributed by atoms with Crippen LogP contribution in [-0.4, -0.2) is 33.0 Å². The molecule has 0 aliphatic carbocycles. The molecule has 1 aliphatic heterocycles. The molecule has 1 saturated heterocycles. The highest BCUT2D eigenvalue weighted by Crippen LogP contribution is 2.26. The van der Waals surface area contributed by atoms with Gasteiger partial charge in [-0.3, -0.25) is 4.79 Å². The van der Waals surface area contributed by atoms with Crippen molar-refractivity contribution in [3.63, 3.8) is 0 Å². The van der Waals surface area contributed by atoms with Crippen molar-refractivity contribution in [2.45, 2.75) is 32.6 Å². The summed E-state index contributed by atoms with van der Waals surface area (Å²) in [5.41, 5.74) is 0.564. The maximum absolute atomic E-state index is 12.9. The van der Waals surface area contributed by atoms with Gasteiger partial charge in [0, 0.05) is 11.6 Å². The second-order valence-corrected chi connectivity index (χ2v) is 6.69. The van der Waals surface area contributed by atoms with Gasteiger partial charge >= 0.3 is 0 Å². The normalized spacial score (nSPS) is 12.7. The van der Waals surface area contributed by atoms with Crippen LogP contribution in [0.1, 0.15) is 43.0 Å². The van der Waals surface area contributed by atoms with Crippen molar-refractivity contribution in [1.82, 2.24) is 10.6 Å². The number of ether oxygens (including phenoxy) is 1. The van der Waals surface area contributed by atoms with Crippen molar-refractivity contribution in [2.75, 3.05) is 26.7 Å². The van der Waals surface area contributed by atoms with Crippen molar-refractivity contribution < 1.29 is 13.9 Å². The Hall–Kier alpha value is -1.95. The highest BCUT2D eigenvalue weighted by molar-refractivity contribution is 6.30. The summed E-state index contributed by atoms with van der Waals surface area (Å²) in [6, 6.07) is 10.7. The molecule has 0 amide bonds. The number of halogens is 2.